The highest BCUT2D eigenvalue weighted by Gasteiger charge is 2.38. The highest BCUT2D eigenvalue weighted by Crippen LogP contribution is 2.42. The van der Waals surface area contributed by atoms with Crippen molar-refractivity contribution < 1.29 is 33.3 Å². The van der Waals surface area contributed by atoms with Gasteiger partial charge >= 0.3 is 11.9 Å². The second kappa shape index (κ2) is 11.3. The molecule has 0 saturated carbocycles. The standard InChI is InChI=1S/C26H34N2O7/c1-15-8-7-11-28(13-15)21(29)14-35-19-10-9-18(12-20(19)32-4)24-22(25(30)33-5)16(2)27-17(3)23(24)26(31)34-6/h9-10,12,15,24,27H,7-8,11,13-14H2,1-6H3. The van der Waals surface area contributed by atoms with Crippen LogP contribution in [0.2, 0.25) is 0 Å². The summed E-state index contributed by atoms with van der Waals surface area (Å²) in [7, 11) is 4.08. The van der Waals surface area contributed by atoms with E-state index in [1.165, 1.54) is 21.3 Å². The summed E-state index contributed by atoms with van der Waals surface area (Å²) in [6.07, 6.45) is 2.12. The maximum absolute atomic E-state index is 12.7. The summed E-state index contributed by atoms with van der Waals surface area (Å²) in [6, 6.07) is 5.12. The quantitative estimate of drug-likeness (QED) is 0.587. The fourth-order valence-electron chi connectivity index (χ4n) is 4.72. The molecule has 2 heterocycles. The van der Waals surface area contributed by atoms with E-state index in [0.717, 1.165) is 25.9 Å². The zero-order chi connectivity index (χ0) is 25.7. The van der Waals surface area contributed by atoms with Gasteiger partial charge in [-0.25, -0.2) is 9.59 Å². The first-order valence-electron chi connectivity index (χ1n) is 11.6. The summed E-state index contributed by atoms with van der Waals surface area (Å²) < 4.78 is 21.4. The molecule has 2 aliphatic rings. The van der Waals surface area contributed by atoms with Gasteiger partial charge < -0.3 is 29.2 Å². The van der Waals surface area contributed by atoms with Gasteiger partial charge in [-0.3, -0.25) is 4.79 Å². The molecule has 9 nitrogen and oxygen atoms in total. The maximum atomic E-state index is 12.7. The number of nitrogens with zero attached hydrogens (tertiary/aromatic N) is 1. The summed E-state index contributed by atoms with van der Waals surface area (Å²) in [5.41, 5.74) is 2.36. The molecule has 0 aromatic heterocycles. The van der Waals surface area contributed by atoms with Crippen LogP contribution in [0.4, 0.5) is 0 Å². The Bertz CT molecular complexity index is 1020. The zero-order valence-electron chi connectivity index (χ0n) is 21.2. The van der Waals surface area contributed by atoms with E-state index >= 15 is 0 Å². The number of rotatable bonds is 7. The van der Waals surface area contributed by atoms with Crippen LogP contribution in [-0.2, 0) is 23.9 Å². The Kier molecular flexibility index (Phi) is 8.43. The highest BCUT2D eigenvalue weighted by molar-refractivity contribution is 5.99. The van der Waals surface area contributed by atoms with E-state index in [1.807, 2.05) is 4.90 Å². The Hall–Kier alpha value is -3.49. The van der Waals surface area contributed by atoms with E-state index < -0.39 is 17.9 Å². The number of allylic oxidation sites excluding steroid dienone is 2. The molecule has 0 bridgehead atoms. The lowest BCUT2D eigenvalue weighted by atomic mass is 9.80. The van der Waals surface area contributed by atoms with Gasteiger partial charge in [0.15, 0.2) is 18.1 Å². The van der Waals surface area contributed by atoms with Crippen LogP contribution in [0.1, 0.15) is 45.1 Å². The Morgan fingerprint density at radius 3 is 2.17 bits per heavy atom. The summed E-state index contributed by atoms with van der Waals surface area (Å²) in [4.78, 5) is 39.9. The van der Waals surface area contributed by atoms with Gasteiger partial charge in [-0.1, -0.05) is 13.0 Å². The van der Waals surface area contributed by atoms with Crippen molar-refractivity contribution in [1.82, 2.24) is 10.2 Å². The number of ether oxygens (including phenoxy) is 4. The van der Waals surface area contributed by atoms with Crippen LogP contribution in [0.25, 0.3) is 0 Å². The van der Waals surface area contributed by atoms with E-state index in [4.69, 9.17) is 18.9 Å². The number of carbonyl (C=O) groups excluding carboxylic acids is 3. The average Bonchev–Trinajstić information content (AvgIpc) is 2.85. The third-order valence-electron chi connectivity index (χ3n) is 6.45. The van der Waals surface area contributed by atoms with Gasteiger partial charge in [-0.2, -0.15) is 0 Å². The number of benzene rings is 1. The topological polar surface area (TPSA) is 103 Å². The van der Waals surface area contributed by atoms with Crippen LogP contribution in [-0.4, -0.2) is 63.8 Å². The van der Waals surface area contributed by atoms with Crippen LogP contribution < -0.4 is 14.8 Å². The number of esters is 2. The van der Waals surface area contributed by atoms with Crippen molar-refractivity contribution in [3.63, 3.8) is 0 Å². The zero-order valence-corrected chi connectivity index (χ0v) is 21.2. The summed E-state index contributed by atoms with van der Waals surface area (Å²) in [5.74, 6) is -0.680. The molecule has 1 aromatic carbocycles. The minimum atomic E-state index is -0.740. The molecule has 1 unspecified atom stereocenters. The molecule has 0 aliphatic carbocycles. The molecule has 1 aromatic rings. The summed E-state index contributed by atoms with van der Waals surface area (Å²) in [6.45, 7) is 7.01. The van der Waals surface area contributed by atoms with Crippen molar-refractivity contribution in [3.05, 3.63) is 46.3 Å². The Balaban J connectivity index is 1.92. The van der Waals surface area contributed by atoms with Crippen molar-refractivity contribution in [2.45, 2.75) is 39.5 Å². The van der Waals surface area contributed by atoms with Crippen molar-refractivity contribution >= 4 is 17.8 Å². The molecule has 1 atom stereocenters. The first-order valence-corrected chi connectivity index (χ1v) is 11.6. The number of amides is 1. The van der Waals surface area contributed by atoms with E-state index in [1.54, 1.807) is 32.0 Å². The van der Waals surface area contributed by atoms with Crippen LogP contribution in [0.5, 0.6) is 11.5 Å². The number of piperidine rings is 1. The number of nitrogens with one attached hydrogen (secondary N) is 1. The molecule has 9 heteroatoms. The number of hydrogen-bond acceptors (Lipinski definition) is 8. The second-order valence-corrected chi connectivity index (χ2v) is 8.90. The van der Waals surface area contributed by atoms with Crippen molar-refractivity contribution in [2.24, 2.45) is 5.92 Å². The monoisotopic (exact) mass is 486 g/mol. The smallest absolute Gasteiger partial charge is 0.336 e. The van der Waals surface area contributed by atoms with E-state index in [0.29, 0.717) is 45.5 Å². The fourth-order valence-corrected chi connectivity index (χ4v) is 4.72. The fraction of sp³-hybridized carbons (Fsp3) is 0.500. The van der Waals surface area contributed by atoms with Gasteiger partial charge in [-0.05, 0) is 50.3 Å². The molecular weight excluding hydrogens is 452 g/mol. The lowest BCUT2D eigenvalue weighted by molar-refractivity contribution is -0.137. The Labute approximate surface area is 206 Å². The highest BCUT2D eigenvalue weighted by atomic mass is 16.5. The van der Waals surface area contributed by atoms with Gasteiger partial charge in [0.1, 0.15) is 0 Å². The molecule has 1 fully saturated rings. The minimum Gasteiger partial charge on any atom is -0.493 e. The van der Waals surface area contributed by atoms with Gasteiger partial charge in [0, 0.05) is 24.5 Å². The van der Waals surface area contributed by atoms with Crippen molar-refractivity contribution in [2.75, 3.05) is 41.0 Å². The van der Waals surface area contributed by atoms with Crippen LogP contribution in [0.15, 0.2) is 40.7 Å². The first kappa shape index (κ1) is 26.1. The van der Waals surface area contributed by atoms with Gasteiger partial charge in [-0.15, -0.1) is 0 Å². The number of hydrogen-bond donors (Lipinski definition) is 1. The average molecular weight is 487 g/mol. The molecule has 190 valence electrons. The van der Waals surface area contributed by atoms with Gasteiger partial charge in [0.25, 0.3) is 5.91 Å². The molecule has 35 heavy (non-hydrogen) atoms. The summed E-state index contributed by atoms with van der Waals surface area (Å²) in [5, 5.41) is 3.08. The molecule has 1 amide bonds. The number of carbonyl (C=O) groups is 3. The normalized spacial score (nSPS) is 18.7. The predicted octanol–water partition coefficient (Wildman–Crippen LogP) is 2.91. The van der Waals surface area contributed by atoms with Gasteiger partial charge in [0.2, 0.25) is 0 Å². The largest absolute Gasteiger partial charge is 0.493 e. The third-order valence-corrected chi connectivity index (χ3v) is 6.45. The molecule has 0 radical (unpaired) electrons. The Morgan fingerprint density at radius 2 is 1.63 bits per heavy atom. The first-order chi connectivity index (χ1) is 16.7. The molecule has 0 spiro atoms. The number of dihydropyridines is 1. The van der Waals surface area contributed by atoms with Crippen molar-refractivity contribution in [1.29, 1.82) is 0 Å². The van der Waals surface area contributed by atoms with E-state index in [2.05, 4.69) is 12.2 Å². The van der Waals surface area contributed by atoms with Crippen molar-refractivity contribution in [3.8, 4) is 11.5 Å². The number of methoxy groups -OCH3 is 3. The Morgan fingerprint density at radius 1 is 1.00 bits per heavy atom. The summed E-state index contributed by atoms with van der Waals surface area (Å²) >= 11 is 0. The van der Waals surface area contributed by atoms with Crippen LogP contribution in [0.3, 0.4) is 0 Å². The SMILES string of the molecule is COC(=O)C1=C(C)NC(C)=C(C(=O)OC)C1c1ccc(OCC(=O)N2CCCC(C)C2)c(OC)c1. The lowest BCUT2D eigenvalue weighted by Crippen LogP contribution is -2.41. The van der Waals surface area contributed by atoms with E-state index in [-0.39, 0.29) is 12.5 Å². The molecule has 3 rings (SSSR count). The molecular formula is C26H34N2O7. The lowest BCUT2D eigenvalue weighted by Gasteiger charge is -2.31. The predicted molar refractivity (Wildman–Crippen MR) is 129 cm³/mol. The van der Waals surface area contributed by atoms with Gasteiger partial charge in [0.05, 0.1) is 38.4 Å². The molecule has 2 aliphatic heterocycles. The second-order valence-electron chi connectivity index (χ2n) is 8.90. The molecule has 1 N–H and O–H groups in total. The minimum absolute atomic E-state index is 0.0703. The van der Waals surface area contributed by atoms with Crippen LogP contribution in [0, 0.1) is 5.92 Å². The molecule has 1 saturated heterocycles. The van der Waals surface area contributed by atoms with Crippen LogP contribution >= 0.6 is 0 Å². The van der Waals surface area contributed by atoms with E-state index in [9.17, 15) is 14.4 Å². The number of likely N-dealkylation sites (tertiary alicyclic amines) is 1. The maximum Gasteiger partial charge on any atom is 0.336 e. The third kappa shape index (κ3) is 5.61.